The number of nitrogens with zero attached hydrogens (tertiary/aromatic N) is 2. The second-order valence-corrected chi connectivity index (χ2v) is 4.16. The monoisotopic (exact) mass is 194 g/mol. The van der Waals surface area contributed by atoms with Gasteiger partial charge in [-0.1, -0.05) is 26.2 Å². The largest absolute Gasteiger partial charge is 0.286 e. The van der Waals surface area contributed by atoms with Gasteiger partial charge in [0.05, 0.1) is 24.0 Å². The highest BCUT2D eigenvalue weighted by atomic mass is 14.9. The predicted molar refractivity (Wildman–Crippen MR) is 63.6 cm³/mol. The zero-order chi connectivity index (χ0) is 10.4. The van der Waals surface area contributed by atoms with Crippen molar-refractivity contribution in [1.82, 2.24) is 0 Å². The molecule has 0 spiro atoms. The third-order valence-electron chi connectivity index (χ3n) is 2.65. The van der Waals surface area contributed by atoms with Gasteiger partial charge in [0.2, 0.25) is 0 Å². The first-order valence-corrected chi connectivity index (χ1v) is 5.82. The summed E-state index contributed by atoms with van der Waals surface area (Å²) >= 11 is 0. The molecule has 0 bridgehead atoms. The van der Waals surface area contributed by atoms with E-state index in [4.69, 9.17) is 0 Å². The second kappa shape index (κ2) is 5.94. The molecule has 0 saturated heterocycles. The minimum atomic E-state index is 0.398. The average Bonchev–Trinajstić information content (AvgIpc) is 2.15. The van der Waals surface area contributed by atoms with E-state index in [0.29, 0.717) is 6.04 Å². The first-order valence-electron chi connectivity index (χ1n) is 5.82. The highest BCUT2D eigenvalue weighted by Crippen LogP contribution is 2.09. The first-order chi connectivity index (χ1) is 6.74. The van der Waals surface area contributed by atoms with Crippen molar-refractivity contribution in [1.29, 1.82) is 0 Å². The van der Waals surface area contributed by atoms with Gasteiger partial charge in [-0.05, 0) is 26.7 Å². The molecule has 1 aliphatic heterocycles. The highest BCUT2D eigenvalue weighted by molar-refractivity contribution is 6.41. The fraction of sp³-hybridized carbons (Fsp3) is 0.833. The Labute approximate surface area is 87.5 Å². The van der Waals surface area contributed by atoms with E-state index in [9.17, 15) is 0 Å². The summed E-state index contributed by atoms with van der Waals surface area (Å²) in [5, 5.41) is 0. The van der Waals surface area contributed by atoms with Crippen LogP contribution in [0, 0.1) is 0 Å². The van der Waals surface area contributed by atoms with E-state index >= 15 is 0 Å². The topological polar surface area (TPSA) is 24.7 Å². The molecule has 0 aromatic carbocycles. The van der Waals surface area contributed by atoms with Crippen molar-refractivity contribution in [3.05, 3.63) is 0 Å². The van der Waals surface area contributed by atoms with E-state index in [0.717, 1.165) is 13.0 Å². The maximum Gasteiger partial charge on any atom is 0.0670 e. The van der Waals surface area contributed by atoms with E-state index in [-0.39, 0.29) is 0 Å². The molecule has 1 unspecified atom stereocenters. The van der Waals surface area contributed by atoms with Gasteiger partial charge in [-0.3, -0.25) is 9.98 Å². The molecule has 0 aromatic heterocycles. The van der Waals surface area contributed by atoms with Gasteiger partial charge in [0.1, 0.15) is 0 Å². The molecule has 0 aromatic rings. The number of hydrogen-bond acceptors (Lipinski definition) is 2. The van der Waals surface area contributed by atoms with Crippen molar-refractivity contribution < 1.29 is 0 Å². The molecule has 1 heterocycles. The zero-order valence-corrected chi connectivity index (χ0v) is 9.71. The van der Waals surface area contributed by atoms with Crippen molar-refractivity contribution in [2.75, 3.05) is 6.54 Å². The fourth-order valence-electron chi connectivity index (χ4n) is 1.78. The summed E-state index contributed by atoms with van der Waals surface area (Å²) in [4.78, 5) is 9.12. The van der Waals surface area contributed by atoms with Crippen molar-refractivity contribution in [3.63, 3.8) is 0 Å². The lowest BCUT2D eigenvalue weighted by atomic mass is 10.1. The Morgan fingerprint density at radius 2 is 2.07 bits per heavy atom. The van der Waals surface area contributed by atoms with Crippen LogP contribution in [0.2, 0.25) is 0 Å². The smallest absolute Gasteiger partial charge is 0.0670 e. The first kappa shape index (κ1) is 11.4. The molecule has 0 N–H and O–H groups in total. The maximum absolute atomic E-state index is 4.57. The summed E-state index contributed by atoms with van der Waals surface area (Å²) in [6.45, 7) is 7.35. The van der Waals surface area contributed by atoms with Crippen LogP contribution in [0.1, 0.15) is 52.9 Å². The molecule has 2 heteroatoms. The van der Waals surface area contributed by atoms with Crippen LogP contribution in [0.3, 0.4) is 0 Å². The van der Waals surface area contributed by atoms with Gasteiger partial charge in [-0.25, -0.2) is 0 Å². The van der Waals surface area contributed by atoms with Crippen molar-refractivity contribution in [3.8, 4) is 0 Å². The van der Waals surface area contributed by atoms with Crippen LogP contribution in [0.4, 0.5) is 0 Å². The Morgan fingerprint density at radius 1 is 1.29 bits per heavy atom. The third-order valence-corrected chi connectivity index (χ3v) is 2.65. The molecule has 1 rings (SSSR count). The molecule has 0 saturated carbocycles. The van der Waals surface area contributed by atoms with E-state index in [1.165, 1.54) is 37.1 Å². The van der Waals surface area contributed by atoms with E-state index in [2.05, 4.69) is 30.8 Å². The molecular formula is C12H22N2. The highest BCUT2D eigenvalue weighted by Gasteiger charge is 2.11. The summed E-state index contributed by atoms with van der Waals surface area (Å²) in [5.41, 5.74) is 2.42. The fourth-order valence-corrected chi connectivity index (χ4v) is 1.78. The lowest BCUT2D eigenvalue weighted by Crippen LogP contribution is -2.21. The van der Waals surface area contributed by atoms with Gasteiger partial charge in [-0.2, -0.15) is 0 Å². The van der Waals surface area contributed by atoms with Crippen LogP contribution < -0.4 is 0 Å². The maximum atomic E-state index is 4.57. The number of hydrogen-bond donors (Lipinski definition) is 0. The number of rotatable bonds is 5. The molecule has 2 nitrogen and oxygen atoms in total. The van der Waals surface area contributed by atoms with Crippen LogP contribution >= 0.6 is 0 Å². The molecule has 1 aliphatic rings. The normalized spacial score (nSPS) is 21.8. The van der Waals surface area contributed by atoms with Crippen LogP contribution in [-0.4, -0.2) is 24.0 Å². The summed E-state index contributed by atoms with van der Waals surface area (Å²) < 4.78 is 0. The van der Waals surface area contributed by atoms with Crippen molar-refractivity contribution in [2.45, 2.75) is 58.9 Å². The second-order valence-electron chi connectivity index (χ2n) is 4.16. The zero-order valence-electron chi connectivity index (χ0n) is 9.71. The Morgan fingerprint density at radius 3 is 2.71 bits per heavy atom. The summed E-state index contributed by atoms with van der Waals surface area (Å²) in [7, 11) is 0. The molecule has 80 valence electrons. The van der Waals surface area contributed by atoms with Crippen LogP contribution in [0.5, 0.6) is 0 Å². The van der Waals surface area contributed by atoms with Gasteiger partial charge in [0.25, 0.3) is 0 Å². The Hall–Kier alpha value is -0.660. The number of aliphatic imine (C=N–C) groups is 2. The van der Waals surface area contributed by atoms with Gasteiger partial charge < -0.3 is 0 Å². The summed E-state index contributed by atoms with van der Waals surface area (Å²) in [5.74, 6) is 0. The quantitative estimate of drug-likeness (QED) is 0.600. The SMILES string of the molecule is CCCCCCC1=NCC(C)N=C1C. The Kier molecular flexibility index (Phi) is 4.85. The summed E-state index contributed by atoms with van der Waals surface area (Å²) in [6.07, 6.45) is 6.38. The Balaban J connectivity index is 2.28. The predicted octanol–water partition coefficient (Wildman–Crippen LogP) is 3.26. The molecule has 0 amide bonds. The van der Waals surface area contributed by atoms with Gasteiger partial charge >= 0.3 is 0 Å². The molecule has 0 radical (unpaired) electrons. The Bertz CT molecular complexity index is 228. The molecule has 0 aliphatic carbocycles. The van der Waals surface area contributed by atoms with E-state index in [1.54, 1.807) is 0 Å². The van der Waals surface area contributed by atoms with E-state index < -0.39 is 0 Å². The van der Waals surface area contributed by atoms with Crippen molar-refractivity contribution >= 4 is 11.4 Å². The van der Waals surface area contributed by atoms with Gasteiger partial charge in [0.15, 0.2) is 0 Å². The molecule has 0 fully saturated rings. The minimum absolute atomic E-state index is 0.398. The van der Waals surface area contributed by atoms with Crippen LogP contribution in [0.25, 0.3) is 0 Å². The van der Waals surface area contributed by atoms with Crippen molar-refractivity contribution in [2.24, 2.45) is 9.98 Å². The summed E-state index contributed by atoms with van der Waals surface area (Å²) in [6, 6.07) is 0.398. The minimum Gasteiger partial charge on any atom is -0.286 e. The van der Waals surface area contributed by atoms with E-state index in [1.807, 2.05) is 0 Å². The van der Waals surface area contributed by atoms with Gasteiger partial charge in [-0.15, -0.1) is 0 Å². The standard InChI is InChI=1S/C12H22N2/c1-4-5-6-7-8-12-11(3)14-10(2)9-13-12/h10H,4-9H2,1-3H3. The molecule has 1 atom stereocenters. The third kappa shape index (κ3) is 3.60. The van der Waals surface area contributed by atoms with Crippen LogP contribution in [0.15, 0.2) is 9.98 Å². The lowest BCUT2D eigenvalue weighted by Gasteiger charge is -2.15. The number of unbranched alkanes of at least 4 members (excludes halogenated alkanes) is 3. The van der Waals surface area contributed by atoms with Gasteiger partial charge in [0, 0.05) is 0 Å². The molecule has 14 heavy (non-hydrogen) atoms. The lowest BCUT2D eigenvalue weighted by molar-refractivity contribution is 0.679. The molecular weight excluding hydrogens is 172 g/mol. The average molecular weight is 194 g/mol. The van der Waals surface area contributed by atoms with Crippen LogP contribution in [-0.2, 0) is 0 Å².